The van der Waals surface area contributed by atoms with E-state index in [-0.39, 0.29) is 32.0 Å². The van der Waals surface area contributed by atoms with Crippen LogP contribution in [0.3, 0.4) is 0 Å². The Morgan fingerprint density at radius 2 is 1.51 bits per heavy atom. The monoisotopic (exact) mass is 602 g/mol. The summed E-state index contributed by atoms with van der Waals surface area (Å²) in [4.78, 5) is 0.209. The average molecular weight is 603 g/mol. The molecule has 0 bridgehead atoms. The molecule has 0 saturated carbocycles. The molecule has 206 valence electrons. The summed E-state index contributed by atoms with van der Waals surface area (Å²) in [5, 5.41) is 15.9. The van der Waals surface area contributed by atoms with E-state index in [0.29, 0.717) is 16.0 Å². The zero-order valence-corrected chi connectivity index (χ0v) is 24.3. The van der Waals surface area contributed by atoms with Crippen LogP contribution in [0.1, 0.15) is 16.7 Å². The second-order valence-electron chi connectivity index (χ2n) is 9.01. The van der Waals surface area contributed by atoms with Crippen molar-refractivity contribution < 1.29 is 25.3 Å². The second-order valence-corrected chi connectivity index (χ2v) is 13.0. The first-order valence-corrected chi connectivity index (χ1v) is 15.9. The van der Waals surface area contributed by atoms with Gasteiger partial charge < -0.3 is 4.18 Å². The number of rotatable bonds is 7. The summed E-state index contributed by atoms with van der Waals surface area (Å²) >= 11 is 1.24. The van der Waals surface area contributed by atoms with Crippen LogP contribution < -0.4 is 4.18 Å². The first-order chi connectivity index (χ1) is 19.6. The predicted octanol–water partition coefficient (Wildman–Crippen LogP) is 6.48. The molecule has 0 aliphatic carbocycles. The third-order valence-corrected chi connectivity index (χ3v) is 9.59. The second kappa shape index (κ2) is 11.2. The molecule has 0 N–H and O–H groups in total. The molecule has 0 fully saturated rings. The molecule has 0 spiro atoms. The van der Waals surface area contributed by atoms with Gasteiger partial charge in [-0.25, -0.2) is 0 Å². The molecule has 1 aliphatic rings. The van der Waals surface area contributed by atoms with E-state index in [0.717, 1.165) is 11.1 Å². The molecule has 0 aromatic heterocycles. The van der Waals surface area contributed by atoms with Gasteiger partial charge in [0.25, 0.3) is 0 Å². The Morgan fingerprint density at radius 1 is 0.829 bits per heavy atom. The van der Waals surface area contributed by atoms with Crippen LogP contribution in [0.5, 0.6) is 5.75 Å². The van der Waals surface area contributed by atoms with Gasteiger partial charge in [-0.2, -0.15) is 22.1 Å². The summed E-state index contributed by atoms with van der Waals surface area (Å²) in [7, 11) is -8.64. The standard InChI is InChI=1S/C30H22N2O6S3/c1-20-11-13-22(14-12-20)40(33,34)37-28-15-16-29(25-10-6-5-9-24(25)28)41(35,36)38-32-27-17-18-39-30(27)26(19-31)23-8-4-3-7-21(23)2/h3-18H,1-2H3. The lowest BCUT2D eigenvalue weighted by molar-refractivity contribution is 0.340. The van der Waals surface area contributed by atoms with Gasteiger partial charge in [-0.3, -0.25) is 4.28 Å². The van der Waals surface area contributed by atoms with Gasteiger partial charge in [0.15, 0.2) is 5.75 Å². The average Bonchev–Trinajstić information content (AvgIpc) is 3.42. The number of nitriles is 1. The quantitative estimate of drug-likeness (QED) is 0.134. The van der Waals surface area contributed by atoms with Crippen LogP contribution >= 0.6 is 11.8 Å². The van der Waals surface area contributed by atoms with Crippen LogP contribution in [0.4, 0.5) is 0 Å². The van der Waals surface area contributed by atoms with E-state index < -0.39 is 20.2 Å². The molecule has 0 amide bonds. The third kappa shape index (κ3) is 5.76. The third-order valence-electron chi connectivity index (χ3n) is 6.25. The van der Waals surface area contributed by atoms with Crippen LogP contribution in [0.15, 0.2) is 116 Å². The summed E-state index contributed by atoms with van der Waals surface area (Å²) in [5.41, 5.74) is 3.02. The number of hydrogen-bond acceptors (Lipinski definition) is 9. The fourth-order valence-corrected chi connectivity index (χ4v) is 6.90. The Morgan fingerprint density at radius 3 is 2.22 bits per heavy atom. The van der Waals surface area contributed by atoms with Gasteiger partial charge in [-0.15, -0.1) is 0 Å². The Kier molecular flexibility index (Phi) is 7.73. The largest absolute Gasteiger partial charge is 0.378 e. The highest BCUT2D eigenvalue weighted by atomic mass is 32.2. The van der Waals surface area contributed by atoms with E-state index >= 15 is 0 Å². The first kappa shape index (κ1) is 28.2. The van der Waals surface area contributed by atoms with Gasteiger partial charge in [0.05, 0.1) is 10.5 Å². The molecule has 0 radical (unpaired) electrons. The highest BCUT2D eigenvalue weighted by molar-refractivity contribution is 8.07. The zero-order chi connectivity index (χ0) is 29.2. The topological polar surface area (TPSA) is 123 Å². The van der Waals surface area contributed by atoms with E-state index in [4.69, 9.17) is 8.47 Å². The summed E-state index contributed by atoms with van der Waals surface area (Å²) < 4.78 is 63.0. The lowest BCUT2D eigenvalue weighted by Crippen LogP contribution is -2.11. The van der Waals surface area contributed by atoms with Crippen LogP contribution in [0, 0.1) is 25.2 Å². The molecule has 1 aliphatic heterocycles. The van der Waals surface area contributed by atoms with Crippen LogP contribution in [-0.2, 0) is 24.5 Å². The minimum atomic E-state index is -4.46. The van der Waals surface area contributed by atoms with Gasteiger partial charge in [0, 0.05) is 10.8 Å². The van der Waals surface area contributed by atoms with Crippen molar-refractivity contribution in [3.8, 4) is 11.8 Å². The van der Waals surface area contributed by atoms with Gasteiger partial charge in [0.1, 0.15) is 21.6 Å². The minimum absolute atomic E-state index is 0.0307. The fourth-order valence-electron chi connectivity index (χ4n) is 4.18. The van der Waals surface area contributed by atoms with Crippen LogP contribution in [0.25, 0.3) is 16.3 Å². The molecule has 4 aromatic carbocycles. The van der Waals surface area contributed by atoms with E-state index in [1.807, 2.05) is 38.1 Å². The Labute approximate surface area is 242 Å². The van der Waals surface area contributed by atoms with Gasteiger partial charge in [-0.1, -0.05) is 83.1 Å². The van der Waals surface area contributed by atoms with Crippen molar-refractivity contribution in [2.24, 2.45) is 5.16 Å². The smallest absolute Gasteiger partial charge is 0.359 e. The molecule has 0 unspecified atom stereocenters. The van der Waals surface area contributed by atoms with Crippen molar-refractivity contribution in [3.05, 3.63) is 118 Å². The summed E-state index contributed by atoms with van der Waals surface area (Å²) in [6.07, 6.45) is 1.57. The van der Waals surface area contributed by atoms with Crippen molar-refractivity contribution in [3.63, 3.8) is 0 Å². The van der Waals surface area contributed by atoms with Gasteiger partial charge in [-0.05, 0) is 60.7 Å². The van der Waals surface area contributed by atoms with Gasteiger partial charge >= 0.3 is 20.2 Å². The maximum atomic E-state index is 13.3. The maximum absolute atomic E-state index is 13.3. The highest BCUT2D eigenvalue weighted by Gasteiger charge is 2.25. The lowest BCUT2D eigenvalue weighted by atomic mass is 10.0. The molecule has 11 heteroatoms. The van der Waals surface area contributed by atoms with E-state index in [2.05, 4.69) is 11.2 Å². The molecule has 5 rings (SSSR count). The Hall–Kier alpha value is -4.37. The molecule has 41 heavy (non-hydrogen) atoms. The summed E-state index contributed by atoms with van der Waals surface area (Å²) in [5.74, 6) is -0.0383. The number of benzene rings is 4. The summed E-state index contributed by atoms with van der Waals surface area (Å²) in [6.45, 7) is 3.71. The number of fused-ring (bicyclic) bond motifs is 1. The fraction of sp³-hybridized carbons (Fsp3) is 0.0667. The first-order valence-electron chi connectivity index (χ1n) is 12.2. The van der Waals surface area contributed by atoms with Crippen LogP contribution in [0.2, 0.25) is 0 Å². The predicted molar refractivity (Wildman–Crippen MR) is 159 cm³/mol. The van der Waals surface area contributed by atoms with E-state index in [1.165, 1.54) is 42.1 Å². The van der Waals surface area contributed by atoms with Crippen molar-refractivity contribution in [1.82, 2.24) is 0 Å². The minimum Gasteiger partial charge on any atom is -0.378 e. The molecule has 8 nitrogen and oxygen atoms in total. The van der Waals surface area contributed by atoms with Crippen molar-refractivity contribution >= 4 is 54.1 Å². The SMILES string of the molecule is Cc1ccc(S(=O)(=O)Oc2ccc(S(=O)(=O)ON=C3C=CSC3=C(C#N)c3ccccc3C)c3ccccc23)cc1. The molecule has 0 saturated heterocycles. The van der Waals surface area contributed by atoms with Crippen molar-refractivity contribution in [1.29, 1.82) is 5.26 Å². The zero-order valence-electron chi connectivity index (χ0n) is 21.8. The van der Waals surface area contributed by atoms with Gasteiger partial charge in [0.2, 0.25) is 0 Å². The van der Waals surface area contributed by atoms with Crippen molar-refractivity contribution in [2.45, 2.75) is 23.6 Å². The number of thioether (sulfide) groups is 1. The van der Waals surface area contributed by atoms with Crippen LogP contribution in [-0.4, -0.2) is 22.5 Å². The lowest BCUT2D eigenvalue weighted by Gasteiger charge is -2.12. The van der Waals surface area contributed by atoms with E-state index in [9.17, 15) is 22.1 Å². The molecular formula is C30H22N2O6S3. The Bertz CT molecular complexity index is 2020. The van der Waals surface area contributed by atoms with E-state index in [1.54, 1.807) is 41.8 Å². The number of nitrogens with zero attached hydrogens (tertiary/aromatic N) is 2. The molecular weight excluding hydrogens is 581 g/mol. The van der Waals surface area contributed by atoms with Crippen molar-refractivity contribution in [2.75, 3.05) is 0 Å². The molecule has 1 heterocycles. The maximum Gasteiger partial charge on any atom is 0.359 e. The number of hydrogen-bond donors (Lipinski definition) is 0. The number of aryl methyl sites for hydroxylation is 2. The highest BCUT2D eigenvalue weighted by Crippen LogP contribution is 2.36. The molecule has 4 aromatic rings. The normalized spacial score (nSPS) is 15.6. The molecule has 0 atom stereocenters. The number of oxime groups is 1. The summed E-state index contributed by atoms with van der Waals surface area (Å²) in [6, 6.07) is 24.5. The number of allylic oxidation sites excluding steroid dienone is 3. The Balaban J connectivity index is 1.50.